The van der Waals surface area contributed by atoms with Crippen molar-refractivity contribution in [2.24, 2.45) is 0 Å². The summed E-state index contributed by atoms with van der Waals surface area (Å²) in [6, 6.07) is 17.8. The van der Waals surface area contributed by atoms with Gasteiger partial charge in [0.25, 0.3) is 0 Å². The first kappa shape index (κ1) is 23.3. The zero-order valence-corrected chi connectivity index (χ0v) is 17.9. The highest BCUT2D eigenvalue weighted by Gasteiger charge is 2.38. The Morgan fingerprint density at radius 3 is 2.06 bits per heavy atom. The number of alkyl halides is 3. The number of halogens is 4. The molecule has 174 valence electrons. The van der Waals surface area contributed by atoms with Crippen LogP contribution < -0.4 is 4.74 Å². The van der Waals surface area contributed by atoms with Crippen LogP contribution in [0.4, 0.5) is 17.6 Å². The highest BCUT2D eigenvalue weighted by Crippen LogP contribution is 2.41. The average molecular weight is 468 g/mol. The molecule has 4 rings (SSSR count). The van der Waals surface area contributed by atoms with Gasteiger partial charge in [-0.3, -0.25) is 4.79 Å². The topological polar surface area (TPSA) is 53.3 Å². The average Bonchev–Trinajstić information content (AvgIpc) is 3.25. The molecule has 3 aromatic carbocycles. The standard InChI is InChI=1S/C26H20F4N2O2/c27-21-11-7-18(8-12-21)24(32-15-1-2-23(32)33)25(34-22-13-3-17(16-31)4-14-22)19-5-9-20(10-6-19)26(28,29)30/h3-14,24-25H,1-2,15H2/t24-,25+/m1/s1. The van der Waals surface area contributed by atoms with Crippen LogP contribution in [0.2, 0.25) is 0 Å². The van der Waals surface area contributed by atoms with Crippen LogP contribution in [0, 0.1) is 17.1 Å². The smallest absolute Gasteiger partial charge is 0.416 e. The highest BCUT2D eigenvalue weighted by atomic mass is 19.4. The number of ether oxygens (including phenoxy) is 1. The van der Waals surface area contributed by atoms with Crippen LogP contribution in [-0.4, -0.2) is 17.4 Å². The number of carbonyl (C=O) groups is 1. The fraction of sp³-hybridized carbons (Fsp3) is 0.231. The molecule has 1 amide bonds. The van der Waals surface area contributed by atoms with Crippen LogP contribution in [0.1, 0.15) is 47.2 Å². The molecule has 0 spiro atoms. The molecular formula is C26H20F4N2O2. The van der Waals surface area contributed by atoms with E-state index in [0.717, 1.165) is 12.1 Å². The van der Waals surface area contributed by atoms with Crippen molar-refractivity contribution in [3.63, 3.8) is 0 Å². The van der Waals surface area contributed by atoms with Crippen molar-refractivity contribution in [2.75, 3.05) is 6.54 Å². The lowest BCUT2D eigenvalue weighted by Gasteiger charge is -2.35. The summed E-state index contributed by atoms with van der Waals surface area (Å²) in [4.78, 5) is 14.3. The van der Waals surface area contributed by atoms with E-state index in [2.05, 4.69) is 0 Å². The van der Waals surface area contributed by atoms with Gasteiger partial charge in [-0.1, -0.05) is 24.3 Å². The van der Waals surface area contributed by atoms with Gasteiger partial charge in [0.05, 0.1) is 23.2 Å². The van der Waals surface area contributed by atoms with Gasteiger partial charge in [-0.15, -0.1) is 0 Å². The van der Waals surface area contributed by atoms with Crippen LogP contribution in [0.3, 0.4) is 0 Å². The van der Waals surface area contributed by atoms with E-state index in [0.29, 0.717) is 41.8 Å². The summed E-state index contributed by atoms with van der Waals surface area (Å²) in [5, 5.41) is 9.05. The SMILES string of the molecule is N#Cc1ccc(O[C@@H](c2ccc(C(F)(F)F)cc2)[C@@H](c2ccc(F)cc2)N2CCCC2=O)cc1. The van der Waals surface area contributed by atoms with Crippen molar-refractivity contribution in [1.82, 2.24) is 4.90 Å². The Bertz CT molecular complexity index is 1180. The Kier molecular flexibility index (Phi) is 6.55. The predicted molar refractivity (Wildman–Crippen MR) is 116 cm³/mol. The molecular weight excluding hydrogens is 448 g/mol. The van der Waals surface area contributed by atoms with Crippen LogP contribution in [0.25, 0.3) is 0 Å². The van der Waals surface area contributed by atoms with E-state index in [1.165, 1.54) is 24.3 Å². The maximum Gasteiger partial charge on any atom is 0.416 e. The third-order valence-electron chi connectivity index (χ3n) is 5.76. The molecule has 0 radical (unpaired) electrons. The van der Waals surface area contributed by atoms with Gasteiger partial charge in [-0.25, -0.2) is 4.39 Å². The number of likely N-dealkylation sites (tertiary alicyclic amines) is 1. The van der Waals surface area contributed by atoms with Crippen molar-refractivity contribution in [3.8, 4) is 11.8 Å². The minimum absolute atomic E-state index is 0.116. The van der Waals surface area contributed by atoms with E-state index in [-0.39, 0.29) is 5.91 Å². The number of carbonyl (C=O) groups excluding carboxylic acids is 1. The van der Waals surface area contributed by atoms with Gasteiger partial charge >= 0.3 is 6.18 Å². The van der Waals surface area contributed by atoms with Gasteiger partial charge < -0.3 is 9.64 Å². The quantitative estimate of drug-likeness (QED) is 0.405. The summed E-state index contributed by atoms with van der Waals surface area (Å²) in [5.41, 5.74) is 0.633. The highest BCUT2D eigenvalue weighted by molar-refractivity contribution is 5.78. The molecule has 34 heavy (non-hydrogen) atoms. The first-order valence-electron chi connectivity index (χ1n) is 10.6. The van der Waals surface area contributed by atoms with Crippen molar-refractivity contribution in [2.45, 2.75) is 31.2 Å². The lowest BCUT2D eigenvalue weighted by atomic mass is 9.93. The Balaban J connectivity index is 1.81. The maximum absolute atomic E-state index is 13.7. The van der Waals surface area contributed by atoms with E-state index in [9.17, 15) is 22.4 Å². The molecule has 1 aliphatic rings. The van der Waals surface area contributed by atoms with Crippen molar-refractivity contribution < 1.29 is 27.1 Å². The molecule has 0 N–H and O–H groups in total. The maximum atomic E-state index is 13.7. The zero-order valence-electron chi connectivity index (χ0n) is 17.9. The van der Waals surface area contributed by atoms with Gasteiger partial charge in [-0.2, -0.15) is 18.4 Å². The molecule has 8 heteroatoms. The van der Waals surface area contributed by atoms with Crippen molar-refractivity contribution in [1.29, 1.82) is 5.26 Å². The van der Waals surface area contributed by atoms with Gasteiger partial charge in [0.1, 0.15) is 17.7 Å². The lowest BCUT2D eigenvalue weighted by molar-refractivity contribution is -0.137. The minimum atomic E-state index is -4.50. The predicted octanol–water partition coefficient (Wildman–Crippen LogP) is 6.20. The second-order valence-corrected chi connectivity index (χ2v) is 7.98. The Labute approximate surface area is 194 Å². The van der Waals surface area contributed by atoms with E-state index < -0.39 is 29.7 Å². The van der Waals surface area contributed by atoms with E-state index >= 15 is 0 Å². The van der Waals surface area contributed by atoms with Crippen LogP contribution in [0.15, 0.2) is 72.8 Å². The summed E-state index contributed by atoms with van der Waals surface area (Å²) in [5.74, 6) is -0.188. The number of hydrogen-bond acceptors (Lipinski definition) is 3. The third-order valence-corrected chi connectivity index (χ3v) is 5.76. The fourth-order valence-electron chi connectivity index (χ4n) is 4.07. The number of amides is 1. The molecule has 2 atom stereocenters. The molecule has 0 saturated carbocycles. The van der Waals surface area contributed by atoms with Crippen molar-refractivity contribution >= 4 is 5.91 Å². The lowest BCUT2D eigenvalue weighted by Crippen LogP contribution is -2.36. The Morgan fingerprint density at radius 2 is 1.53 bits per heavy atom. The molecule has 1 aliphatic heterocycles. The van der Waals surface area contributed by atoms with E-state index in [1.807, 2.05) is 6.07 Å². The number of rotatable bonds is 6. The molecule has 0 bridgehead atoms. The second-order valence-electron chi connectivity index (χ2n) is 7.98. The molecule has 0 unspecified atom stereocenters. The third kappa shape index (κ3) is 5.04. The summed E-state index contributed by atoms with van der Waals surface area (Å²) in [6.45, 7) is 0.439. The molecule has 1 heterocycles. The number of benzene rings is 3. The first-order chi connectivity index (χ1) is 16.3. The van der Waals surface area contributed by atoms with Crippen LogP contribution >= 0.6 is 0 Å². The van der Waals surface area contributed by atoms with Crippen LogP contribution in [0.5, 0.6) is 5.75 Å². The first-order valence-corrected chi connectivity index (χ1v) is 10.6. The van der Waals surface area contributed by atoms with Crippen molar-refractivity contribution in [3.05, 3.63) is 101 Å². The summed E-state index contributed by atoms with van der Waals surface area (Å²) in [7, 11) is 0. The van der Waals surface area contributed by atoms with Gasteiger partial charge in [0.2, 0.25) is 5.91 Å². The molecule has 0 aliphatic carbocycles. The Hall–Kier alpha value is -3.86. The summed E-state index contributed by atoms with van der Waals surface area (Å²) in [6.07, 6.45) is -4.41. The van der Waals surface area contributed by atoms with E-state index in [4.69, 9.17) is 10.00 Å². The summed E-state index contributed by atoms with van der Waals surface area (Å²) < 4.78 is 59.4. The number of nitrogens with zero attached hydrogens (tertiary/aromatic N) is 2. The van der Waals surface area contributed by atoms with Gasteiger partial charge in [-0.05, 0) is 66.1 Å². The second kappa shape index (κ2) is 9.56. The number of nitriles is 1. The van der Waals surface area contributed by atoms with Gasteiger partial charge in [0, 0.05) is 13.0 Å². The molecule has 0 aromatic heterocycles. The largest absolute Gasteiger partial charge is 0.483 e. The summed E-state index contributed by atoms with van der Waals surface area (Å²) >= 11 is 0. The monoisotopic (exact) mass is 468 g/mol. The molecule has 3 aromatic rings. The fourth-order valence-corrected chi connectivity index (χ4v) is 4.07. The zero-order chi connectivity index (χ0) is 24.3. The molecule has 4 nitrogen and oxygen atoms in total. The van der Waals surface area contributed by atoms with Crippen LogP contribution in [-0.2, 0) is 11.0 Å². The molecule has 1 saturated heterocycles. The van der Waals surface area contributed by atoms with Gasteiger partial charge in [0.15, 0.2) is 0 Å². The molecule has 1 fully saturated rings. The van der Waals surface area contributed by atoms with E-state index in [1.54, 1.807) is 41.3 Å². The Morgan fingerprint density at radius 1 is 0.912 bits per heavy atom. The number of hydrogen-bond donors (Lipinski definition) is 0. The minimum Gasteiger partial charge on any atom is -0.483 e. The normalized spacial score (nSPS) is 15.6.